The molecule has 1 aromatic carbocycles. The molecule has 0 bridgehead atoms. The van der Waals surface area contributed by atoms with Crippen LogP contribution in [-0.2, 0) is 4.79 Å². The van der Waals surface area contributed by atoms with E-state index < -0.39 is 0 Å². The minimum atomic E-state index is -0.101. The summed E-state index contributed by atoms with van der Waals surface area (Å²) >= 11 is 6.03. The van der Waals surface area contributed by atoms with Crippen LogP contribution in [0, 0.1) is 5.41 Å². The molecule has 3 N–H and O–H groups in total. The van der Waals surface area contributed by atoms with Crippen molar-refractivity contribution in [1.82, 2.24) is 4.90 Å². The van der Waals surface area contributed by atoms with Crippen LogP contribution in [0.25, 0.3) is 0 Å². The highest BCUT2D eigenvalue weighted by atomic mass is 35.5. The van der Waals surface area contributed by atoms with Crippen molar-refractivity contribution in [3.8, 4) is 0 Å². The van der Waals surface area contributed by atoms with Crippen LogP contribution in [0.2, 0.25) is 5.02 Å². The van der Waals surface area contributed by atoms with Gasteiger partial charge >= 0.3 is 0 Å². The zero-order valence-electron chi connectivity index (χ0n) is 12.8. The molecule has 5 heteroatoms. The maximum atomic E-state index is 12.1. The fourth-order valence-corrected chi connectivity index (χ4v) is 2.02. The minimum absolute atomic E-state index is 0.101. The normalized spacial score (nSPS) is 13.3. The van der Waals surface area contributed by atoms with E-state index >= 15 is 0 Å². The van der Waals surface area contributed by atoms with Crippen molar-refractivity contribution in [2.75, 3.05) is 24.6 Å². The Hall–Kier alpha value is -1.26. The van der Waals surface area contributed by atoms with E-state index in [2.05, 4.69) is 33.0 Å². The van der Waals surface area contributed by atoms with Crippen molar-refractivity contribution in [3.63, 3.8) is 0 Å². The molecule has 1 atom stereocenters. The number of benzene rings is 1. The van der Waals surface area contributed by atoms with Crippen molar-refractivity contribution < 1.29 is 4.79 Å². The lowest BCUT2D eigenvalue weighted by Crippen LogP contribution is -2.43. The molecular weight excluding hydrogens is 274 g/mol. The number of hydrogen-bond acceptors (Lipinski definition) is 3. The first-order valence-electron chi connectivity index (χ1n) is 6.66. The lowest BCUT2D eigenvalue weighted by atomic mass is 9.87. The van der Waals surface area contributed by atoms with Gasteiger partial charge < -0.3 is 11.1 Å². The summed E-state index contributed by atoms with van der Waals surface area (Å²) in [5.74, 6) is -0.101. The molecule has 1 amide bonds. The summed E-state index contributed by atoms with van der Waals surface area (Å²) in [6.45, 7) is 8.88. The van der Waals surface area contributed by atoms with Crippen molar-refractivity contribution in [2.45, 2.75) is 33.7 Å². The maximum Gasteiger partial charge on any atom is 0.238 e. The molecule has 0 aromatic heterocycles. The molecule has 4 nitrogen and oxygen atoms in total. The molecule has 0 saturated heterocycles. The van der Waals surface area contributed by atoms with E-state index in [1.165, 1.54) is 0 Å². The first-order chi connectivity index (χ1) is 9.11. The van der Waals surface area contributed by atoms with Gasteiger partial charge in [0.15, 0.2) is 0 Å². The molecule has 0 aliphatic heterocycles. The Labute approximate surface area is 126 Å². The van der Waals surface area contributed by atoms with E-state index in [-0.39, 0.29) is 17.4 Å². The van der Waals surface area contributed by atoms with Crippen molar-refractivity contribution in [1.29, 1.82) is 0 Å². The second-order valence-electron chi connectivity index (χ2n) is 6.24. The van der Waals surface area contributed by atoms with Crippen molar-refractivity contribution in [2.24, 2.45) is 5.41 Å². The van der Waals surface area contributed by atoms with E-state index in [9.17, 15) is 4.79 Å². The van der Waals surface area contributed by atoms with Crippen molar-refractivity contribution in [3.05, 3.63) is 23.2 Å². The predicted octanol–water partition coefficient (Wildman–Crippen LogP) is 3.23. The Balaban J connectivity index is 2.66. The summed E-state index contributed by atoms with van der Waals surface area (Å²) in [4.78, 5) is 14.1. The van der Waals surface area contributed by atoms with Gasteiger partial charge in [-0.15, -0.1) is 0 Å². The fourth-order valence-electron chi connectivity index (χ4n) is 1.85. The van der Waals surface area contributed by atoms with Crippen LogP contribution in [-0.4, -0.2) is 30.4 Å². The van der Waals surface area contributed by atoms with Gasteiger partial charge in [0, 0.05) is 11.7 Å². The summed E-state index contributed by atoms with van der Waals surface area (Å²) in [6, 6.07) is 5.32. The Morgan fingerprint density at radius 2 is 2.05 bits per heavy atom. The highest BCUT2D eigenvalue weighted by Gasteiger charge is 2.25. The van der Waals surface area contributed by atoms with Gasteiger partial charge in [0.2, 0.25) is 5.91 Å². The number of amides is 1. The summed E-state index contributed by atoms with van der Waals surface area (Å²) in [5, 5.41) is 3.28. The van der Waals surface area contributed by atoms with E-state index in [1.54, 1.807) is 18.2 Å². The second-order valence-corrected chi connectivity index (χ2v) is 6.65. The molecular formula is C15H24ClN3O. The number of halogens is 1. The lowest BCUT2D eigenvalue weighted by molar-refractivity contribution is -0.117. The smallest absolute Gasteiger partial charge is 0.238 e. The third kappa shape index (κ3) is 4.69. The van der Waals surface area contributed by atoms with E-state index in [4.69, 9.17) is 17.3 Å². The van der Waals surface area contributed by atoms with Crippen LogP contribution in [0.15, 0.2) is 18.2 Å². The molecule has 0 aliphatic rings. The van der Waals surface area contributed by atoms with Gasteiger partial charge in [-0.3, -0.25) is 9.69 Å². The number of rotatable bonds is 4. The van der Waals surface area contributed by atoms with E-state index in [1.807, 2.05) is 11.9 Å². The zero-order valence-corrected chi connectivity index (χ0v) is 13.6. The minimum Gasteiger partial charge on any atom is -0.399 e. The monoisotopic (exact) mass is 297 g/mol. The number of nitrogen functional groups attached to an aromatic ring is 1. The largest absolute Gasteiger partial charge is 0.399 e. The van der Waals surface area contributed by atoms with E-state index in [0.29, 0.717) is 22.9 Å². The number of nitrogens with zero attached hydrogens (tertiary/aromatic N) is 1. The number of nitrogens with two attached hydrogens (primary N) is 1. The summed E-state index contributed by atoms with van der Waals surface area (Å²) in [5.41, 5.74) is 6.92. The topological polar surface area (TPSA) is 58.4 Å². The van der Waals surface area contributed by atoms with Gasteiger partial charge in [0.25, 0.3) is 0 Å². The predicted molar refractivity (Wildman–Crippen MR) is 86.0 cm³/mol. The third-order valence-corrected chi connectivity index (χ3v) is 3.90. The molecule has 0 heterocycles. The molecule has 0 fully saturated rings. The molecule has 20 heavy (non-hydrogen) atoms. The fraction of sp³-hybridized carbons (Fsp3) is 0.533. The quantitative estimate of drug-likeness (QED) is 0.839. The number of hydrogen-bond donors (Lipinski definition) is 2. The average Bonchev–Trinajstić information content (AvgIpc) is 2.31. The highest BCUT2D eigenvalue weighted by Crippen LogP contribution is 2.25. The molecule has 0 aliphatic carbocycles. The molecule has 0 saturated carbocycles. The number of likely N-dealkylation sites (N-methyl/N-ethyl adjacent to an activating group) is 1. The Morgan fingerprint density at radius 3 is 2.60 bits per heavy atom. The molecule has 1 unspecified atom stereocenters. The zero-order chi connectivity index (χ0) is 15.5. The molecule has 0 spiro atoms. The van der Waals surface area contributed by atoms with Gasteiger partial charge in [-0.25, -0.2) is 0 Å². The van der Waals surface area contributed by atoms with Gasteiger partial charge in [-0.2, -0.15) is 0 Å². The Morgan fingerprint density at radius 1 is 1.45 bits per heavy atom. The average molecular weight is 298 g/mol. The summed E-state index contributed by atoms with van der Waals surface area (Å²) < 4.78 is 0. The highest BCUT2D eigenvalue weighted by molar-refractivity contribution is 6.33. The first-order valence-corrected chi connectivity index (χ1v) is 7.04. The van der Waals surface area contributed by atoms with Gasteiger partial charge in [0.1, 0.15) is 0 Å². The van der Waals surface area contributed by atoms with Crippen LogP contribution >= 0.6 is 11.6 Å². The summed E-state index contributed by atoms with van der Waals surface area (Å²) in [7, 11) is 1.94. The molecule has 1 aromatic rings. The van der Waals surface area contributed by atoms with Crippen LogP contribution in [0.5, 0.6) is 0 Å². The third-order valence-electron chi connectivity index (χ3n) is 3.57. The lowest BCUT2D eigenvalue weighted by Gasteiger charge is -2.34. The number of carbonyl (C=O) groups is 1. The number of anilines is 2. The van der Waals surface area contributed by atoms with Gasteiger partial charge in [-0.05, 0) is 37.6 Å². The number of carbonyl (C=O) groups excluding carboxylic acids is 1. The van der Waals surface area contributed by atoms with Gasteiger partial charge in [-0.1, -0.05) is 32.4 Å². The Kier molecular flexibility index (Phi) is 5.42. The molecule has 0 radical (unpaired) electrons. The van der Waals surface area contributed by atoms with E-state index in [0.717, 1.165) is 0 Å². The van der Waals surface area contributed by atoms with Crippen LogP contribution in [0.3, 0.4) is 0 Å². The second kappa shape index (κ2) is 6.46. The molecule has 112 valence electrons. The SMILES string of the molecule is CC(N(C)CC(=O)Nc1cc(N)ccc1Cl)C(C)(C)C. The van der Waals surface area contributed by atoms with Crippen LogP contribution < -0.4 is 11.1 Å². The number of nitrogens with one attached hydrogen (secondary N) is 1. The Bertz CT molecular complexity index is 482. The van der Waals surface area contributed by atoms with Crippen molar-refractivity contribution >= 4 is 28.9 Å². The van der Waals surface area contributed by atoms with Crippen LogP contribution in [0.1, 0.15) is 27.7 Å². The first kappa shape index (κ1) is 16.8. The standard InChI is InChI=1S/C15H24ClN3O/c1-10(15(2,3)4)19(5)9-14(20)18-13-8-11(17)6-7-12(13)16/h6-8,10H,9,17H2,1-5H3,(H,18,20). The maximum absolute atomic E-state index is 12.1. The van der Waals surface area contributed by atoms with Gasteiger partial charge in [0.05, 0.1) is 17.3 Å². The molecule has 1 rings (SSSR count). The van der Waals surface area contributed by atoms with Crippen LogP contribution in [0.4, 0.5) is 11.4 Å². The summed E-state index contributed by atoms with van der Waals surface area (Å²) in [6.07, 6.45) is 0.